The largest absolute Gasteiger partial charge is 0.336 e. The zero-order valence-electron chi connectivity index (χ0n) is 13.3. The Bertz CT molecular complexity index is 560. The van der Waals surface area contributed by atoms with Crippen LogP contribution in [0, 0.1) is 10.8 Å². The molecule has 1 saturated heterocycles. The van der Waals surface area contributed by atoms with Crippen molar-refractivity contribution in [3.8, 4) is 0 Å². The molecule has 1 aromatic carbocycles. The number of hydrogen-bond donors (Lipinski definition) is 0. The van der Waals surface area contributed by atoms with Crippen molar-refractivity contribution in [2.45, 2.75) is 46.1 Å². The number of benzene rings is 1. The molecule has 2 atom stereocenters. The Balaban J connectivity index is 1.73. The maximum Gasteiger partial charge on any atom is 0.246 e. The SMILES string of the molecule is CC1(C)CC2CC(C)(CN2C(=O)/C=C/c2ccccc2)C1. The number of amides is 1. The Morgan fingerprint density at radius 2 is 1.90 bits per heavy atom. The van der Waals surface area contributed by atoms with E-state index in [1.165, 1.54) is 12.8 Å². The quantitative estimate of drug-likeness (QED) is 0.747. The summed E-state index contributed by atoms with van der Waals surface area (Å²) in [5.74, 6) is 0.172. The first-order chi connectivity index (χ1) is 9.87. The summed E-state index contributed by atoms with van der Waals surface area (Å²) < 4.78 is 0. The van der Waals surface area contributed by atoms with Crippen LogP contribution in [0.15, 0.2) is 36.4 Å². The van der Waals surface area contributed by atoms with Gasteiger partial charge in [0.15, 0.2) is 0 Å². The number of nitrogens with zero attached hydrogens (tertiary/aromatic N) is 1. The third-order valence-corrected chi connectivity index (χ3v) is 4.92. The minimum Gasteiger partial charge on any atom is -0.336 e. The highest BCUT2D eigenvalue weighted by molar-refractivity contribution is 5.92. The lowest BCUT2D eigenvalue weighted by Crippen LogP contribution is -2.36. The van der Waals surface area contributed by atoms with Gasteiger partial charge in [-0.25, -0.2) is 0 Å². The van der Waals surface area contributed by atoms with E-state index < -0.39 is 0 Å². The van der Waals surface area contributed by atoms with Gasteiger partial charge in [0.1, 0.15) is 0 Å². The number of carbonyl (C=O) groups is 1. The summed E-state index contributed by atoms with van der Waals surface area (Å²) in [6.45, 7) is 7.94. The Morgan fingerprint density at radius 3 is 2.62 bits per heavy atom. The zero-order valence-corrected chi connectivity index (χ0v) is 13.3. The van der Waals surface area contributed by atoms with Gasteiger partial charge in [-0.15, -0.1) is 0 Å². The summed E-state index contributed by atoms with van der Waals surface area (Å²) in [7, 11) is 0. The van der Waals surface area contributed by atoms with Gasteiger partial charge in [0, 0.05) is 18.7 Å². The van der Waals surface area contributed by atoms with Crippen LogP contribution in [0.25, 0.3) is 6.08 Å². The molecule has 1 aromatic rings. The van der Waals surface area contributed by atoms with E-state index in [0.29, 0.717) is 16.9 Å². The number of fused-ring (bicyclic) bond motifs is 2. The van der Waals surface area contributed by atoms with E-state index >= 15 is 0 Å². The fourth-order valence-electron chi connectivity index (χ4n) is 4.54. The molecule has 2 nitrogen and oxygen atoms in total. The molecular formula is C19H25NO. The van der Waals surface area contributed by atoms with Gasteiger partial charge in [-0.2, -0.15) is 0 Å². The monoisotopic (exact) mass is 283 g/mol. The fraction of sp³-hybridized carbons (Fsp3) is 0.526. The van der Waals surface area contributed by atoms with E-state index in [9.17, 15) is 4.79 Å². The zero-order chi connectivity index (χ0) is 15.1. The average molecular weight is 283 g/mol. The Kier molecular flexibility index (Phi) is 3.43. The average Bonchev–Trinajstić information content (AvgIpc) is 2.66. The topological polar surface area (TPSA) is 20.3 Å². The lowest BCUT2D eigenvalue weighted by molar-refractivity contribution is -0.127. The maximum absolute atomic E-state index is 12.6. The van der Waals surface area contributed by atoms with Gasteiger partial charge in [-0.3, -0.25) is 4.79 Å². The second-order valence-electron chi connectivity index (χ2n) is 7.92. The molecule has 1 aliphatic heterocycles. The van der Waals surface area contributed by atoms with Gasteiger partial charge in [-0.05, 0) is 41.7 Å². The van der Waals surface area contributed by atoms with Crippen LogP contribution in [-0.2, 0) is 4.79 Å². The van der Waals surface area contributed by atoms with Crippen LogP contribution < -0.4 is 0 Å². The second-order valence-corrected chi connectivity index (χ2v) is 7.92. The number of likely N-dealkylation sites (tertiary alicyclic amines) is 1. The molecule has 0 spiro atoms. The molecule has 112 valence electrons. The van der Waals surface area contributed by atoms with Gasteiger partial charge in [0.05, 0.1) is 0 Å². The first kappa shape index (κ1) is 14.4. The molecule has 1 aliphatic carbocycles. The highest BCUT2D eigenvalue weighted by Crippen LogP contribution is 2.52. The lowest BCUT2D eigenvalue weighted by Gasteiger charge is -2.39. The van der Waals surface area contributed by atoms with E-state index in [2.05, 4.69) is 25.7 Å². The summed E-state index contributed by atoms with van der Waals surface area (Å²) in [4.78, 5) is 14.7. The molecule has 0 radical (unpaired) electrons. The van der Waals surface area contributed by atoms with Gasteiger partial charge in [-0.1, -0.05) is 51.1 Å². The second kappa shape index (κ2) is 5.01. The molecule has 1 saturated carbocycles. The van der Waals surface area contributed by atoms with Crippen molar-refractivity contribution in [3.63, 3.8) is 0 Å². The predicted octanol–water partition coefficient (Wildman–Crippen LogP) is 4.13. The van der Waals surface area contributed by atoms with E-state index in [1.54, 1.807) is 6.08 Å². The molecule has 2 unspecified atom stereocenters. The third-order valence-electron chi connectivity index (χ3n) is 4.92. The predicted molar refractivity (Wildman–Crippen MR) is 86.7 cm³/mol. The molecule has 1 amide bonds. The summed E-state index contributed by atoms with van der Waals surface area (Å²) in [5.41, 5.74) is 1.75. The molecule has 0 N–H and O–H groups in total. The first-order valence-electron chi connectivity index (χ1n) is 7.91. The molecule has 2 heteroatoms. The van der Waals surface area contributed by atoms with Gasteiger partial charge in [0.2, 0.25) is 5.91 Å². The van der Waals surface area contributed by atoms with E-state index in [4.69, 9.17) is 0 Å². The summed E-state index contributed by atoms with van der Waals surface area (Å²) in [6, 6.07) is 10.5. The van der Waals surface area contributed by atoms with E-state index in [-0.39, 0.29) is 5.91 Å². The van der Waals surface area contributed by atoms with Crippen molar-refractivity contribution >= 4 is 12.0 Å². The van der Waals surface area contributed by atoms with Crippen LogP contribution in [0.4, 0.5) is 0 Å². The van der Waals surface area contributed by atoms with Gasteiger partial charge in [0.25, 0.3) is 0 Å². The van der Waals surface area contributed by atoms with Crippen molar-refractivity contribution in [2.75, 3.05) is 6.54 Å². The normalized spacial score (nSPS) is 30.8. The van der Waals surface area contributed by atoms with Crippen LogP contribution in [0.3, 0.4) is 0 Å². The summed E-state index contributed by atoms with van der Waals surface area (Å²) in [6.07, 6.45) is 7.20. The molecular weight excluding hydrogens is 258 g/mol. The molecule has 2 bridgehead atoms. The Morgan fingerprint density at radius 1 is 1.19 bits per heavy atom. The van der Waals surface area contributed by atoms with Crippen LogP contribution in [0.1, 0.15) is 45.6 Å². The molecule has 2 fully saturated rings. The van der Waals surface area contributed by atoms with E-state index in [0.717, 1.165) is 18.5 Å². The standard InChI is InChI=1S/C19H25NO/c1-18(2)11-16-12-19(3,13-18)14-20(16)17(21)10-9-15-7-5-4-6-8-15/h4-10,16H,11-14H2,1-3H3/b10-9+. The highest BCUT2D eigenvalue weighted by Gasteiger charge is 2.50. The van der Waals surface area contributed by atoms with Crippen LogP contribution >= 0.6 is 0 Å². The number of carbonyl (C=O) groups excluding carboxylic acids is 1. The van der Waals surface area contributed by atoms with Crippen molar-refractivity contribution in [2.24, 2.45) is 10.8 Å². The van der Waals surface area contributed by atoms with Crippen LogP contribution in [0.5, 0.6) is 0 Å². The smallest absolute Gasteiger partial charge is 0.246 e. The molecule has 21 heavy (non-hydrogen) atoms. The van der Waals surface area contributed by atoms with Gasteiger partial charge >= 0.3 is 0 Å². The van der Waals surface area contributed by atoms with Crippen molar-refractivity contribution < 1.29 is 4.79 Å². The Labute approximate surface area is 127 Å². The molecule has 2 aliphatic rings. The summed E-state index contributed by atoms with van der Waals surface area (Å²) >= 11 is 0. The first-order valence-corrected chi connectivity index (χ1v) is 7.91. The fourth-order valence-corrected chi connectivity index (χ4v) is 4.54. The third kappa shape index (κ3) is 3.04. The Hall–Kier alpha value is -1.57. The minimum atomic E-state index is 0.172. The van der Waals surface area contributed by atoms with Crippen molar-refractivity contribution in [3.05, 3.63) is 42.0 Å². The lowest BCUT2D eigenvalue weighted by atomic mass is 9.65. The van der Waals surface area contributed by atoms with Crippen molar-refractivity contribution in [1.82, 2.24) is 4.90 Å². The van der Waals surface area contributed by atoms with Crippen LogP contribution in [0.2, 0.25) is 0 Å². The highest BCUT2D eigenvalue weighted by atomic mass is 16.2. The van der Waals surface area contributed by atoms with E-state index in [1.807, 2.05) is 36.4 Å². The number of rotatable bonds is 2. The van der Waals surface area contributed by atoms with Gasteiger partial charge < -0.3 is 4.90 Å². The maximum atomic E-state index is 12.6. The molecule has 1 heterocycles. The minimum absolute atomic E-state index is 0.172. The summed E-state index contributed by atoms with van der Waals surface area (Å²) in [5, 5.41) is 0. The molecule has 3 rings (SSSR count). The van der Waals surface area contributed by atoms with Crippen LogP contribution in [-0.4, -0.2) is 23.4 Å². The molecule has 0 aromatic heterocycles. The van der Waals surface area contributed by atoms with Crippen molar-refractivity contribution in [1.29, 1.82) is 0 Å². The number of hydrogen-bond acceptors (Lipinski definition) is 1.